The van der Waals surface area contributed by atoms with Crippen molar-refractivity contribution in [2.75, 3.05) is 46.8 Å². The minimum atomic E-state index is 0. The molecular formula is C23H33IN8. The predicted octanol–water partition coefficient (Wildman–Crippen LogP) is 2.39. The first kappa shape index (κ1) is 24.4. The molecule has 0 spiro atoms. The van der Waals surface area contributed by atoms with E-state index in [4.69, 9.17) is 0 Å². The minimum Gasteiger partial charge on any atom is -0.356 e. The van der Waals surface area contributed by atoms with E-state index in [1.54, 1.807) is 7.05 Å². The molecule has 172 valence electrons. The van der Waals surface area contributed by atoms with Gasteiger partial charge in [0.15, 0.2) is 17.4 Å². The summed E-state index contributed by atoms with van der Waals surface area (Å²) in [5.74, 6) is 1.65. The molecule has 1 aliphatic heterocycles. The molecule has 2 N–H and O–H groups in total. The van der Waals surface area contributed by atoms with Crippen LogP contribution in [0.3, 0.4) is 0 Å². The van der Waals surface area contributed by atoms with Crippen LogP contribution in [-0.4, -0.2) is 77.2 Å². The van der Waals surface area contributed by atoms with Crippen molar-refractivity contribution in [2.24, 2.45) is 4.99 Å². The summed E-state index contributed by atoms with van der Waals surface area (Å²) >= 11 is 0. The summed E-state index contributed by atoms with van der Waals surface area (Å²) in [6.07, 6.45) is 3.03. The van der Waals surface area contributed by atoms with E-state index in [0.29, 0.717) is 12.6 Å². The van der Waals surface area contributed by atoms with Crippen LogP contribution in [-0.2, 0) is 6.54 Å². The Labute approximate surface area is 207 Å². The number of hydrogen-bond acceptors (Lipinski definition) is 5. The molecule has 8 nitrogen and oxygen atoms in total. The quantitative estimate of drug-likeness (QED) is 0.205. The molecule has 0 amide bonds. The molecule has 3 aromatic rings. The van der Waals surface area contributed by atoms with E-state index in [-0.39, 0.29) is 24.0 Å². The second kappa shape index (κ2) is 12.1. The van der Waals surface area contributed by atoms with Gasteiger partial charge in [0.2, 0.25) is 0 Å². The summed E-state index contributed by atoms with van der Waals surface area (Å²) in [5, 5.41) is 15.2. The van der Waals surface area contributed by atoms with E-state index in [0.717, 1.165) is 56.6 Å². The predicted molar refractivity (Wildman–Crippen MR) is 139 cm³/mol. The van der Waals surface area contributed by atoms with Crippen LogP contribution in [0.5, 0.6) is 0 Å². The number of hydrogen-bond donors (Lipinski definition) is 2. The van der Waals surface area contributed by atoms with Crippen LogP contribution in [0.4, 0.5) is 0 Å². The van der Waals surface area contributed by atoms with Gasteiger partial charge in [-0.05, 0) is 31.2 Å². The van der Waals surface area contributed by atoms with Crippen molar-refractivity contribution < 1.29 is 0 Å². The number of nitrogens with one attached hydrogen (secondary N) is 2. The highest BCUT2D eigenvalue weighted by Gasteiger charge is 2.25. The molecule has 1 saturated heterocycles. The van der Waals surface area contributed by atoms with Gasteiger partial charge in [0, 0.05) is 52.0 Å². The highest BCUT2D eigenvalue weighted by atomic mass is 127. The molecule has 2 aromatic heterocycles. The minimum absolute atomic E-state index is 0. The van der Waals surface area contributed by atoms with Crippen molar-refractivity contribution in [3.63, 3.8) is 0 Å². The molecule has 0 bridgehead atoms. The summed E-state index contributed by atoms with van der Waals surface area (Å²) in [4.78, 5) is 9.37. The second-order valence-electron chi connectivity index (χ2n) is 7.98. The SMILES string of the molecule is CN=C(NCCCN1CCN(C)CC1c1ccccc1)NCc1nnc2ccccn12.I. The molecular weight excluding hydrogens is 515 g/mol. The molecule has 32 heavy (non-hydrogen) atoms. The Balaban J connectivity index is 0.00000289. The van der Waals surface area contributed by atoms with Crippen molar-refractivity contribution >= 4 is 35.6 Å². The smallest absolute Gasteiger partial charge is 0.191 e. The number of aromatic nitrogens is 3. The third-order valence-corrected chi connectivity index (χ3v) is 5.82. The maximum Gasteiger partial charge on any atom is 0.191 e. The van der Waals surface area contributed by atoms with Crippen molar-refractivity contribution in [3.05, 3.63) is 66.1 Å². The van der Waals surface area contributed by atoms with Crippen LogP contribution in [0.1, 0.15) is 23.9 Å². The average Bonchev–Trinajstić information content (AvgIpc) is 3.23. The number of piperazine rings is 1. The molecule has 3 heterocycles. The third-order valence-electron chi connectivity index (χ3n) is 5.82. The number of benzene rings is 1. The van der Waals surface area contributed by atoms with Gasteiger partial charge in [-0.2, -0.15) is 0 Å². The van der Waals surface area contributed by atoms with Gasteiger partial charge in [-0.15, -0.1) is 34.2 Å². The first-order valence-corrected chi connectivity index (χ1v) is 11.0. The summed E-state index contributed by atoms with van der Waals surface area (Å²) < 4.78 is 1.98. The lowest BCUT2D eigenvalue weighted by atomic mass is 10.0. The highest BCUT2D eigenvalue weighted by Crippen LogP contribution is 2.24. The lowest BCUT2D eigenvalue weighted by molar-refractivity contribution is 0.0891. The largest absolute Gasteiger partial charge is 0.356 e. The summed E-state index contributed by atoms with van der Waals surface area (Å²) in [6.45, 7) is 5.79. The fourth-order valence-electron chi connectivity index (χ4n) is 4.10. The summed E-state index contributed by atoms with van der Waals surface area (Å²) in [7, 11) is 4.01. The van der Waals surface area contributed by atoms with Crippen LogP contribution in [0.15, 0.2) is 59.7 Å². The zero-order valence-corrected chi connectivity index (χ0v) is 21.1. The fourth-order valence-corrected chi connectivity index (χ4v) is 4.10. The van der Waals surface area contributed by atoms with Crippen molar-refractivity contribution in [2.45, 2.75) is 19.0 Å². The number of fused-ring (bicyclic) bond motifs is 1. The van der Waals surface area contributed by atoms with E-state index in [2.05, 4.69) is 73.0 Å². The number of likely N-dealkylation sites (N-methyl/N-ethyl adjacent to an activating group) is 1. The van der Waals surface area contributed by atoms with Crippen LogP contribution >= 0.6 is 24.0 Å². The monoisotopic (exact) mass is 548 g/mol. The normalized spacial score (nSPS) is 17.8. The van der Waals surface area contributed by atoms with Gasteiger partial charge in [0.05, 0.1) is 6.54 Å². The van der Waals surface area contributed by atoms with Gasteiger partial charge in [0.1, 0.15) is 0 Å². The van der Waals surface area contributed by atoms with E-state index in [1.165, 1.54) is 5.56 Å². The van der Waals surface area contributed by atoms with Crippen LogP contribution in [0.25, 0.3) is 5.65 Å². The Morgan fingerprint density at radius 1 is 1.06 bits per heavy atom. The average molecular weight is 548 g/mol. The molecule has 1 aromatic carbocycles. The molecule has 0 radical (unpaired) electrons. The number of nitrogens with zero attached hydrogens (tertiary/aromatic N) is 6. The third kappa shape index (κ3) is 6.17. The van der Waals surface area contributed by atoms with Crippen molar-refractivity contribution in [1.82, 2.24) is 35.0 Å². The molecule has 9 heteroatoms. The molecule has 4 rings (SSSR count). The fraction of sp³-hybridized carbons (Fsp3) is 0.435. The van der Waals surface area contributed by atoms with Crippen molar-refractivity contribution in [1.29, 1.82) is 0 Å². The maximum atomic E-state index is 4.34. The Morgan fingerprint density at radius 3 is 2.69 bits per heavy atom. The first-order chi connectivity index (χ1) is 15.2. The Bertz CT molecular complexity index is 990. The number of guanidine groups is 1. The molecule has 1 aliphatic rings. The van der Waals surface area contributed by atoms with Gasteiger partial charge >= 0.3 is 0 Å². The lowest BCUT2D eigenvalue weighted by Gasteiger charge is -2.40. The highest BCUT2D eigenvalue weighted by molar-refractivity contribution is 14.0. The van der Waals surface area contributed by atoms with Crippen LogP contribution in [0.2, 0.25) is 0 Å². The molecule has 1 atom stereocenters. The number of rotatable bonds is 7. The summed E-state index contributed by atoms with van der Waals surface area (Å²) in [5.41, 5.74) is 2.25. The maximum absolute atomic E-state index is 4.34. The molecule has 1 fully saturated rings. The molecule has 0 saturated carbocycles. The van der Waals surface area contributed by atoms with E-state index >= 15 is 0 Å². The molecule has 1 unspecified atom stereocenters. The Morgan fingerprint density at radius 2 is 1.88 bits per heavy atom. The van der Waals surface area contributed by atoms with Gasteiger partial charge < -0.3 is 15.5 Å². The van der Waals surface area contributed by atoms with Gasteiger partial charge in [-0.25, -0.2) is 0 Å². The second-order valence-corrected chi connectivity index (χ2v) is 7.98. The zero-order chi connectivity index (χ0) is 21.5. The van der Waals surface area contributed by atoms with Gasteiger partial charge in [-0.1, -0.05) is 36.4 Å². The standard InChI is InChI=1S/C23H32N8.HI/c1-24-23(26-17-22-28-27-21-11-6-7-14-31(21)22)25-12-8-13-30-16-15-29(2)18-20(30)19-9-4-3-5-10-19;/h3-7,9-11,14,20H,8,12-13,15-18H2,1-2H3,(H2,24,25,26);1H. The lowest BCUT2D eigenvalue weighted by Crippen LogP contribution is -2.47. The van der Waals surface area contributed by atoms with Crippen LogP contribution in [0, 0.1) is 0 Å². The van der Waals surface area contributed by atoms with Crippen LogP contribution < -0.4 is 10.6 Å². The Hall–Kier alpha value is -2.24. The van der Waals surface area contributed by atoms with E-state index in [9.17, 15) is 0 Å². The first-order valence-electron chi connectivity index (χ1n) is 11.0. The Kier molecular flexibility index (Phi) is 9.24. The van der Waals surface area contributed by atoms with E-state index < -0.39 is 0 Å². The van der Waals surface area contributed by atoms with Gasteiger partial charge in [-0.3, -0.25) is 14.3 Å². The van der Waals surface area contributed by atoms with Gasteiger partial charge in [0.25, 0.3) is 0 Å². The van der Waals surface area contributed by atoms with E-state index in [1.807, 2.05) is 28.8 Å². The number of halogens is 1. The zero-order valence-electron chi connectivity index (χ0n) is 18.8. The topological polar surface area (TPSA) is 73.1 Å². The van der Waals surface area contributed by atoms with Crippen molar-refractivity contribution in [3.8, 4) is 0 Å². The number of pyridine rings is 1. The molecule has 0 aliphatic carbocycles. The number of aliphatic imine (C=N–C) groups is 1. The summed E-state index contributed by atoms with van der Waals surface area (Å²) in [6, 6.07) is 17.2.